The van der Waals surface area contributed by atoms with E-state index >= 15 is 0 Å². The topological polar surface area (TPSA) is 6.48 Å². The number of rotatable bonds is 0. The van der Waals surface area contributed by atoms with Crippen LogP contribution < -0.4 is 26.2 Å². The highest BCUT2D eigenvalue weighted by Crippen LogP contribution is 2.59. The van der Waals surface area contributed by atoms with Crippen LogP contribution in [0.25, 0.3) is 0 Å². The van der Waals surface area contributed by atoms with Crippen LogP contribution in [0.1, 0.15) is 49.9 Å². The Bertz CT molecular complexity index is 1770. The van der Waals surface area contributed by atoms with Crippen LogP contribution >= 0.6 is 0 Å². The Labute approximate surface area is 230 Å². The molecule has 5 aromatic carbocycles. The number of benzene rings is 5. The molecule has 0 fully saturated rings. The lowest BCUT2D eigenvalue weighted by Gasteiger charge is -2.53. The maximum atomic E-state index is 2.58. The van der Waals surface area contributed by atoms with Crippen molar-refractivity contribution in [2.45, 2.75) is 38.5 Å². The van der Waals surface area contributed by atoms with Crippen LogP contribution in [0.5, 0.6) is 0 Å². The first-order valence-electron chi connectivity index (χ1n) is 14.1. The van der Waals surface area contributed by atoms with Crippen molar-refractivity contribution in [1.29, 1.82) is 0 Å². The predicted octanol–water partition coefficient (Wildman–Crippen LogP) is 7.05. The second kappa shape index (κ2) is 6.85. The van der Waals surface area contributed by atoms with Crippen LogP contribution in [0.4, 0.5) is 34.1 Å². The lowest BCUT2D eigenvalue weighted by Crippen LogP contribution is -2.63. The molecule has 0 aliphatic carbocycles. The summed E-state index contributed by atoms with van der Waals surface area (Å²) in [4.78, 5) is 5.16. The van der Waals surface area contributed by atoms with E-state index in [4.69, 9.17) is 0 Å². The first-order valence-corrected chi connectivity index (χ1v) is 14.1. The molecule has 9 rings (SSSR count). The standard InChI is InChI=1S/C36H29BN2/c1-35(2)22-13-5-9-17-28(22)38-30-19-11-7-15-26(30)37-27-16-8-12-20-31(27)39-29-18-10-6-14-23(29)36(3,4)25-21-24(35)33(38)32(37)34(25)39/h5-21H,1-4H3. The van der Waals surface area contributed by atoms with Crippen LogP contribution in [-0.2, 0) is 10.8 Å². The van der Waals surface area contributed by atoms with Gasteiger partial charge in [-0.1, -0.05) is 100 Å². The quantitative estimate of drug-likeness (QED) is 0.206. The third-order valence-corrected chi connectivity index (χ3v) is 10.0. The predicted molar refractivity (Wildman–Crippen MR) is 165 cm³/mol. The summed E-state index contributed by atoms with van der Waals surface area (Å²) in [5.41, 5.74) is 17.6. The normalized spacial score (nSPS) is 17.5. The summed E-state index contributed by atoms with van der Waals surface area (Å²) in [6, 6.07) is 38.9. The first-order chi connectivity index (χ1) is 18.9. The molecule has 39 heavy (non-hydrogen) atoms. The van der Waals surface area contributed by atoms with Crippen molar-refractivity contribution in [2.24, 2.45) is 0 Å². The van der Waals surface area contributed by atoms with Crippen LogP contribution in [0.2, 0.25) is 0 Å². The van der Waals surface area contributed by atoms with E-state index in [0.717, 1.165) is 0 Å². The van der Waals surface area contributed by atoms with Gasteiger partial charge in [-0.15, -0.1) is 0 Å². The largest absolute Gasteiger partial charge is 0.311 e. The van der Waals surface area contributed by atoms with Crippen molar-refractivity contribution in [3.8, 4) is 0 Å². The molecule has 4 aliphatic heterocycles. The Morgan fingerprint density at radius 3 is 1.31 bits per heavy atom. The van der Waals surface area contributed by atoms with E-state index < -0.39 is 0 Å². The summed E-state index contributed by atoms with van der Waals surface area (Å²) in [5, 5.41) is 0. The van der Waals surface area contributed by atoms with E-state index in [2.05, 4.69) is 141 Å². The smallest absolute Gasteiger partial charge is 0.252 e. The number of anilines is 6. The van der Waals surface area contributed by atoms with Gasteiger partial charge >= 0.3 is 0 Å². The van der Waals surface area contributed by atoms with E-state index in [0.29, 0.717) is 0 Å². The van der Waals surface area contributed by atoms with Gasteiger partial charge in [-0.3, -0.25) is 0 Å². The molecule has 3 heteroatoms. The molecule has 186 valence electrons. The van der Waals surface area contributed by atoms with Crippen LogP contribution in [0.3, 0.4) is 0 Å². The summed E-state index contributed by atoms with van der Waals surface area (Å²) in [6.07, 6.45) is 0. The van der Waals surface area contributed by atoms with Crippen molar-refractivity contribution in [3.05, 3.63) is 125 Å². The van der Waals surface area contributed by atoms with Crippen molar-refractivity contribution in [1.82, 2.24) is 0 Å². The first kappa shape index (κ1) is 21.7. The van der Waals surface area contributed by atoms with Crippen molar-refractivity contribution in [3.63, 3.8) is 0 Å². The highest BCUT2D eigenvalue weighted by Gasteiger charge is 2.52. The molecule has 0 unspecified atom stereocenters. The number of hydrogen-bond acceptors (Lipinski definition) is 2. The molecule has 5 aromatic rings. The summed E-state index contributed by atoms with van der Waals surface area (Å²) < 4.78 is 0. The van der Waals surface area contributed by atoms with Gasteiger partial charge in [0.25, 0.3) is 6.71 Å². The SMILES string of the molecule is CC1(C)c2ccccc2N2c3ccccc3B3c4ccccc4N4c5ccccc5C(C)(C)c5cc1c2c3c54. The molecule has 0 aromatic heterocycles. The number of hydrogen-bond donors (Lipinski definition) is 0. The Morgan fingerprint density at radius 1 is 0.462 bits per heavy atom. The minimum atomic E-state index is -0.125. The van der Waals surface area contributed by atoms with Gasteiger partial charge in [-0.2, -0.15) is 0 Å². The monoisotopic (exact) mass is 500 g/mol. The molecule has 0 saturated heterocycles. The van der Waals surface area contributed by atoms with Crippen LogP contribution in [0, 0.1) is 0 Å². The van der Waals surface area contributed by atoms with Gasteiger partial charge in [-0.05, 0) is 69.0 Å². The van der Waals surface area contributed by atoms with Crippen molar-refractivity contribution in [2.75, 3.05) is 9.80 Å². The van der Waals surface area contributed by atoms with Crippen molar-refractivity contribution < 1.29 is 0 Å². The highest BCUT2D eigenvalue weighted by atomic mass is 15.2. The number of fused-ring (bicyclic) bond motifs is 10. The van der Waals surface area contributed by atoms with Gasteiger partial charge in [0.1, 0.15) is 0 Å². The summed E-state index contributed by atoms with van der Waals surface area (Å²) in [5.74, 6) is 0. The van der Waals surface area contributed by atoms with E-state index in [1.54, 1.807) is 0 Å². The van der Waals surface area contributed by atoms with Crippen LogP contribution in [-0.4, -0.2) is 6.71 Å². The number of para-hydroxylation sites is 4. The molecular weight excluding hydrogens is 471 g/mol. The maximum absolute atomic E-state index is 2.58. The van der Waals surface area contributed by atoms with Crippen LogP contribution in [0.15, 0.2) is 103 Å². The molecule has 0 N–H and O–H groups in total. The average Bonchev–Trinajstić information content (AvgIpc) is 2.96. The van der Waals surface area contributed by atoms with E-state index in [-0.39, 0.29) is 17.5 Å². The molecular formula is C36H29BN2. The average molecular weight is 500 g/mol. The van der Waals surface area contributed by atoms with E-state index in [1.165, 1.54) is 72.8 Å². The second-order valence-electron chi connectivity index (χ2n) is 12.6. The Kier molecular flexibility index (Phi) is 3.80. The van der Waals surface area contributed by atoms with Crippen molar-refractivity contribution >= 4 is 57.2 Å². The molecule has 0 bridgehead atoms. The molecule has 0 spiro atoms. The summed E-state index contributed by atoms with van der Waals surface area (Å²) in [6.45, 7) is 9.86. The fourth-order valence-electron chi connectivity index (χ4n) is 8.17. The van der Waals surface area contributed by atoms with Gasteiger partial charge in [0.05, 0.1) is 11.4 Å². The molecule has 0 atom stereocenters. The Balaban J connectivity index is 1.52. The zero-order valence-electron chi connectivity index (χ0n) is 22.8. The minimum absolute atomic E-state index is 0.125. The second-order valence-corrected chi connectivity index (χ2v) is 12.6. The fourth-order valence-corrected chi connectivity index (χ4v) is 8.17. The third kappa shape index (κ3) is 2.38. The zero-order valence-corrected chi connectivity index (χ0v) is 22.8. The van der Waals surface area contributed by atoms with Gasteiger partial charge in [-0.25, -0.2) is 0 Å². The van der Waals surface area contributed by atoms with Gasteiger partial charge in [0.2, 0.25) is 0 Å². The highest BCUT2D eigenvalue weighted by molar-refractivity contribution is 7.00. The van der Waals surface area contributed by atoms with E-state index in [1.807, 2.05) is 0 Å². The third-order valence-electron chi connectivity index (χ3n) is 10.0. The maximum Gasteiger partial charge on any atom is 0.252 e. The minimum Gasteiger partial charge on any atom is -0.311 e. The van der Waals surface area contributed by atoms with Gasteiger partial charge < -0.3 is 9.80 Å². The molecule has 0 saturated carbocycles. The summed E-state index contributed by atoms with van der Waals surface area (Å²) >= 11 is 0. The Hall–Kier alpha value is -4.24. The lowest BCUT2D eigenvalue weighted by molar-refractivity contribution is 0.609. The lowest BCUT2D eigenvalue weighted by atomic mass is 9.32. The van der Waals surface area contributed by atoms with E-state index in [9.17, 15) is 0 Å². The molecule has 4 heterocycles. The summed E-state index contributed by atoms with van der Waals surface area (Å²) in [7, 11) is 0. The Morgan fingerprint density at radius 2 is 0.846 bits per heavy atom. The molecule has 4 aliphatic rings. The van der Waals surface area contributed by atoms with Gasteiger partial charge in [0.15, 0.2) is 0 Å². The molecule has 0 amide bonds. The zero-order chi connectivity index (χ0) is 26.3. The molecule has 2 nitrogen and oxygen atoms in total. The molecule has 0 radical (unpaired) electrons. The fraction of sp³-hybridized carbons (Fsp3) is 0.167. The number of nitrogens with zero attached hydrogens (tertiary/aromatic N) is 2. The van der Waals surface area contributed by atoms with Gasteiger partial charge in [0, 0.05) is 33.6 Å².